The largest absolute Gasteiger partial charge is 0.389 e. The Morgan fingerprint density at radius 3 is 2.12 bits per heavy atom. The molecule has 3 N–H and O–H groups in total. The predicted molar refractivity (Wildman–Crippen MR) is 65.4 cm³/mol. The Morgan fingerprint density at radius 1 is 1.12 bits per heavy atom. The molecule has 0 aromatic rings. The number of rotatable bonds is 8. The molecule has 96 valence electrons. The van der Waals surface area contributed by atoms with Gasteiger partial charge in [-0.05, 0) is 17.6 Å². The highest BCUT2D eigenvalue weighted by Crippen LogP contribution is 2.17. The molecule has 5 heteroatoms. The van der Waals surface area contributed by atoms with Crippen LogP contribution < -0.4 is 0 Å². The number of hydrogen-bond donors (Lipinski definition) is 3. The van der Waals surface area contributed by atoms with Gasteiger partial charge < -0.3 is 20.1 Å². The Balaban J connectivity index is 3.80. The number of thioether (sulfide) groups is 1. The van der Waals surface area contributed by atoms with E-state index in [1.54, 1.807) is 0 Å². The summed E-state index contributed by atoms with van der Waals surface area (Å²) in [6, 6.07) is 0. The third-order valence-corrected chi connectivity index (χ3v) is 4.03. The fourth-order valence-corrected chi connectivity index (χ4v) is 2.31. The summed E-state index contributed by atoms with van der Waals surface area (Å²) in [5, 5.41) is 27.8. The van der Waals surface area contributed by atoms with E-state index in [0.29, 0.717) is 17.6 Å². The Hall–Kier alpha value is -0.100. The number of aliphatic hydroxyl groups excluding tert-OH is 3. The zero-order valence-corrected chi connectivity index (χ0v) is 10.9. The maximum absolute atomic E-state index is 10.2. The average Bonchev–Trinajstić information content (AvgIpc) is 2.26. The Labute approximate surface area is 101 Å². The normalized spacial score (nSPS) is 19.2. The highest BCUT2D eigenvalue weighted by Gasteiger charge is 2.24. The van der Waals surface area contributed by atoms with Crippen LogP contribution >= 0.6 is 11.8 Å². The van der Waals surface area contributed by atoms with Crippen LogP contribution in [0, 0.1) is 11.8 Å². The van der Waals surface area contributed by atoms with Gasteiger partial charge in [-0.2, -0.15) is 11.8 Å². The summed E-state index contributed by atoms with van der Waals surface area (Å²) >= 11 is 1.52. The number of aliphatic hydroxyl groups is 3. The quantitative estimate of drug-likeness (QED) is 0.540. The molecule has 0 aliphatic carbocycles. The first-order chi connectivity index (χ1) is 7.40. The van der Waals surface area contributed by atoms with E-state index in [-0.39, 0.29) is 6.29 Å². The summed E-state index contributed by atoms with van der Waals surface area (Å²) < 4.78 is 0. The third-order valence-electron chi connectivity index (χ3n) is 2.69. The topological polar surface area (TPSA) is 77.8 Å². The van der Waals surface area contributed by atoms with Crippen LogP contribution in [-0.2, 0) is 4.79 Å². The molecule has 0 aromatic heterocycles. The summed E-state index contributed by atoms with van der Waals surface area (Å²) in [5.41, 5.74) is 0. The lowest BCUT2D eigenvalue weighted by molar-refractivity contribution is -0.124. The van der Waals surface area contributed by atoms with Gasteiger partial charge in [-0.3, -0.25) is 0 Å². The van der Waals surface area contributed by atoms with Crippen LogP contribution in [0.5, 0.6) is 0 Å². The SMILES string of the molecule is CC(C)C(C)CSC[C@@H](O)[C@@H](O)[C@@H](O)C=O. The molecule has 4 atom stereocenters. The highest BCUT2D eigenvalue weighted by atomic mass is 32.2. The minimum atomic E-state index is -1.50. The van der Waals surface area contributed by atoms with Crippen molar-refractivity contribution < 1.29 is 20.1 Å². The van der Waals surface area contributed by atoms with Crippen LogP contribution in [0.4, 0.5) is 0 Å². The molecule has 0 aliphatic heterocycles. The summed E-state index contributed by atoms with van der Waals surface area (Å²) in [5.74, 6) is 2.32. The molecule has 0 bridgehead atoms. The molecule has 4 nitrogen and oxygen atoms in total. The standard InChI is InChI=1S/C11H22O4S/c1-7(2)8(3)5-16-6-10(14)11(15)9(13)4-12/h4,7-11,13-15H,5-6H2,1-3H3/t8?,9-,10+,11-/m0/s1. The molecular formula is C11H22O4S. The monoisotopic (exact) mass is 250 g/mol. The first kappa shape index (κ1) is 15.9. The van der Waals surface area contributed by atoms with Crippen LogP contribution in [0.3, 0.4) is 0 Å². The summed E-state index contributed by atoms with van der Waals surface area (Å²) in [4.78, 5) is 10.2. The molecule has 0 aliphatic rings. The Kier molecular flexibility index (Phi) is 8.01. The van der Waals surface area contributed by atoms with E-state index in [0.717, 1.165) is 5.75 Å². The van der Waals surface area contributed by atoms with E-state index in [4.69, 9.17) is 5.11 Å². The van der Waals surface area contributed by atoms with E-state index in [9.17, 15) is 15.0 Å². The number of carbonyl (C=O) groups excluding carboxylic acids is 1. The molecule has 0 fully saturated rings. The second kappa shape index (κ2) is 8.06. The number of aldehydes is 1. The smallest absolute Gasteiger partial charge is 0.151 e. The van der Waals surface area contributed by atoms with Crippen LogP contribution in [0.15, 0.2) is 0 Å². The zero-order valence-electron chi connectivity index (χ0n) is 10.0. The first-order valence-electron chi connectivity index (χ1n) is 5.47. The van der Waals surface area contributed by atoms with Crippen LogP contribution in [0.25, 0.3) is 0 Å². The number of carbonyl (C=O) groups is 1. The van der Waals surface area contributed by atoms with Crippen LogP contribution in [0.1, 0.15) is 20.8 Å². The lowest BCUT2D eigenvalue weighted by Gasteiger charge is -2.20. The fourth-order valence-electron chi connectivity index (χ4n) is 0.974. The van der Waals surface area contributed by atoms with Gasteiger partial charge in [-0.25, -0.2) is 0 Å². The minimum Gasteiger partial charge on any atom is -0.389 e. The molecule has 0 spiro atoms. The lowest BCUT2D eigenvalue weighted by atomic mass is 10.0. The van der Waals surface area contributed by atoms with Crippen molar-refractivity contribution in [2.24, 2.45) is 11.8 Å². The minimum absolute atomic E-state index is 0.231. The van der Waals surface area contributed by atoms with Crippen LogP contribution in [-0.4, -0.2) is 51.4 Å². The van der Waals surface area contributed by atoms with Crippen molar-refractivity contribution in [3.63, 3.8) is 0 Å². The fraction of sp³-hybridized carbons (Fsp3) is 0.909. The van der Waals surface area contributed by atoms with E-state index in [1.165, 1.54) is 11.8 Å². The van der Waals surface area contributed by atoms with Crippen molar-refractivity contribution >= 4 is 18.0 Å². The molecule has 1 unspecified atom stereocenters. The van der Waals surface area contributed by atoms with Gasteiger partial charge in [-0.1, -0.05) is 20.8 Å². The second-order valence-corrected chi connectivity index (χ2v) is 5.52. The lowest BCUT2D eigenvalue weighted by Crippen LogP contribution is -2.39. The van der Waals surface area contributed by atoms with Gasteiger partial charge in [0.15, 0.2) is 6.29 Å². The van der Waals surface area contributed by atoms with Gasteiger partial charge >= 0.3 is 0 Å². The van der Waals surface area contributed by atoms with Gasteiger partial charge in [0.2, 0.25) is 0 Å². The van der Waals surface area contributed by atoms with Gasteiger partial charge in [-0.15, -0.1) is 0 Å². The van der Waals surface area contributed by atoms with Crippen molar-refractivity contribution in [2.45, 2.75) is 39.1 Å². The van der Waals surface area contributed by atoms with Crippen molar-refractivity contribution in [3.05, 3.63) is 0 Å². The summed E-state index contributed by atoms with van der Waals surface area (Å²) in [6.07, 6.45) is -3.73. The van der Waals surface area contributed by atoms with Gasteiger partial charge in [0.05, 0.1) is 6.10 Å². The maximum atomic E-state index is 10.2. The second-order valence-electron chi connectivity index (χ2n) is 4.44. The van der Waals surface area contributed by atoms with Gasteiger partial charge in [0, 0.05) is 5.75 Å². The molecular weight excluding hydrogens is 228 g/mol. The zero-order chi connectivity index (χ0) is 12.7. The molecule has 0 aromatic carbocycles. The molecule has 0 rings (SSSR count). The third kappa shape index (κ3) is 5.84. The van der Waals surface area contributed by atoms with Gasteiger partial charge in [0.25, 0.3) is 0 Å². The van der Waals surface area contributed by atoms with E-state index in [2.05, 4.69) is 20.8 Å². The molecule has 16 heavy (non-hydrogen) atoms. The molecule has 0 heterocycles. The molecule has 0 radical (unpaired) electrons. The van der Waals surface area contributed by atoms with E-state index in [1.807, 2.05) is 0 Å². The first-order valence-corrected chi connectivity index (χ1v) is 6.62. The van der Waals surface area contributed by atoms with E-state index >= 15 is 0 Å². The average molecular weight is 250 g/mol. The number of hydrogen-bond acceptors (Lipinski definition) is 5. The molecule has 0 saturated carbocycles. The van der Waals surface area contributed by atoms with Gasteiger partial charge in [0.1, 0.15) is 12.2 Å². The van der Waals surface area contributed by atoms with Crippen molar-refractivity contribution in [2.75, 3.05) is 11.5 Å². The Morgan fingerprint density at radius 2 is 1.69 bits per heavy atom. The maximum Gasteiger partial charge on any atom is 0.151 e. The highest BCUT2D eigenvalue weighted by molar-refractivity contribution is 7.99. The van der Waals surface area contributed by atoms with Crippen molar-refractivity contribution in [3.8, 4) is 0 Å². The summed E-state index contributed by atoms with van der Waals surface area (Å²) in [7, 11) is 0. The van der Waals surface area contributed by atoms with Crippen molar-refractivity contribution in [1.29, 1.82) is 0 Å². The Bertz CT molecular complexity index is 198. The molecule has 0 saturated heterocycles. The van der Waals surface area contributed by atoms with Crippen molar-refractivity contribution in [1.82, 2.24) is 0 Å². The van der Waals surface area contributed by atoms with Crippen LogP contribution in [0.2, 0.25) is 0 Å². The van der Waals surface area contributed by atoms with E-state index < -0.39 is 18.3 Å². The predicted octanol–water partition coefficient (Wildman–Crippen LogP) is 0.293. The summed E-state index contributed by atoms with van der Waals surface area (Å²) in [6.45, 7) is 6.39. The molecule has 0 amide bonds.